The first-order valence-corrected chi connectivity index (χ1v) is 6.05. The summed E-state index contributed by atoms with van der Waals surface area (Å²) >= 11 is 0. The average Bonchev–Trinajstić information content (AvgIpc) is 2.39. The Balaban J connectivity index is 2.32. The molecule has 0 amide bonds. The number of hydrogen-bond acceptors (Lipinski definition) is 4. The van der Waals surface area contributed by atoms with Gasteiger partial charge in [-0.05, 0) is 18.7 Å². The zero-order valence-corrected chi connectivity index (χ0v) is 10.4. The Morgan fingerprint density at radius 3 is 2.89 bits per heavy atom. The highest BCUT2D eigenvalue weighted by atomic mass is 16.3. The van der Waals surface area contributed by atoms with Gasteiger partial charge in [-0.15, -0.1) is 0 Å². The first-order valence-electron chi connectivity index (χ1n) is 6.05. The molecule has 0 aliphatic rings. The van der Waals surface area contributed by atoms with Crippen molar-refractivity contribution in [3.63, 3.8) is 0 Å². The third-order valence-corrected chi connectivity index (χ3v) is 2.91. The van der Waals surface area contributed by atoms with Crippen molar-refractivity contribution in [3.05, 3.63) is 40.3 Å². The van der Waals surface area contributed by atoms with Crippen LogP contribution in [0.25, 0.3) is 11.0 Å². The molecule has 2 rings (SSSR count). The van der Waals surface area contributed by atoms with Gasteiger partial charge in [0.25, 0.3) is 5.56 Å². The first kappa shape index (κ1) is 12.7. The summed E-state index contributed by atoms with van der Waals surface area (Å²) in [5.74, 6) is 0. The molecule has 0 saturated heterocycles. The maximum Gasteiger partial charge on any atom is 0.271 e. The molecule has 0 saturated carbocycles. The summed E-state index contributed by atoms with van der Waals surface area (Å²) in [7, 11) is 0. The van der Waals surface area contributed by atoms with Crippen molar-refractivity contribution in [3.8, 4) is 0 Å². The number of aromatic amines is 1. The predicted octanol–water partition coefficient (Wildman–Crippen LogP) is 0.737. The molecule has 0 fully saturated rings. The number of likely N-dealkylation sites (N-methyl/N-ethyl adjacent to an activating group) is 1. The maximum absolute atomic E-state index is 11.9. The minimum atomic E-state index is -0.162. The highest BCUT2D eigenvalue weighted by Crippen LogP contribution is 2.07. The number of hydrogen-bond donors (Lipinski definition) is 2. The van der Waals surface area contributed by atoms with Crippen molar-refractivity contribution in [2.45, 2.75) is 13.5 Å². The Hall–Kier alpha value is -1.72. The third-order valence-electron chi connectivity index (χ3n) is 2.91. The molecule has 0 spiro atoms. The van der Waals surface area contributed by atoms with Crippen LogP contribution in [0.4, 0.5) is 0 Å². The zero-order valence-electron chi connectivity index (χ0n) is 10.4. The van der Waals surface area contributed by atoms with Crippen molar-refractivity contribution >= 4 is 11.0 Å². The summed E-state index contributed by atoms with van der Waals surface area (Å²) in [6, 6.07) is 7.46. The lowest BCUT2D eigenvalue weighted by atomic mass is 10.3. The minimum Gasteiger partial charge on any atom is -0.395 e. The van der Waals surface area contributed by atoms with Crippen LogP contribution < -0.4 is 5.56 Å². The smallest absolute Gasteiger partial charge is 0.271 e. The fourth-order valence-corrected chi connectivity index (χ4v) is 1.88. The Kier molecular flexibility index (Phi) is 4.07. The molecule has 1 aromatic heterocycles. The molecule has 0 aliphatic carbocycles. The van der Waals surface area contributed by atoms with Gasteiger partial charge in [0.1, 0.15) is 5.69 Å². The van der Waals surface area contributed by atoms with E-state index in [-0.39, 0.29) is 12.2 Å². The first-order chi connectivity index (χ1) is 8.74. The number of aliphatic hydroxyl groups excluding tert-OH is 1. The SMILES string of the molecule is CCN(CCO)Cc1nc2ccccc2[nH]c1=O. The van der Waals surface area contributed by atoms with E-state index in [1.165, 1.54) is 0 Å². The fraction of sp³-hybridized carbons (Fsp3) is 0.385. The number of nitrogens with one attached hydrogen (secondary N) is 1. The van der Waals surface area contributed by atoms with Crippen molar-refractivity contribution in [1.82, 2.24) is 14.9 Å². The molecule has 0 atom stereocenters. The molecule has 96 valence electrons. The summed E-state index contributed by atoms with van der Waals surface area (Å²) in [6.45, 7) is 3.85. The molecule has 0 radical (unpaired) electrons. The number of nitrogens with zero attached hydrogens (tertiary/aromatic N) is 2. The Morgan fingerprint density at radius 1 is 1.39 bits per heavy atom. The van der Waals surface area contributed by atoms with Crippen LogP contribution in [0, 0.1) is 0 Å². The predicted molar refractivity (Wildman–Crippen MR) is 70.4 cm³/mol. The second kappa shape index (κ2) is 5.75. The van der Waals surface area contributed by atoms with Crippen LogP contribution >= 0.6 is 0 Å². The average molecular weight is 247 g/mol. The standard InChI is InChI=1S/C13H17N3O2/c1-2-16(7-8-17)9-12-13(18)15-11-6-4-3-5-10(11)14-12/h3-6,17H,2,7-9H2,1H3,(H,15,18). The third kappa shape index (κ3) is 2.75. The van der Waals surface area contributed by atoms with E-state index in [1.807, 2.05) is 36.1 Å². The lowest BCUT2D eigenvalue weighted by Gasteiger charge is -2.17. The topological polar surface area (TPSA) is 69.2 Å². The largest absolute Gasteiger partial charge is 0.395 e. The summed E-state index contributed by atoms with van der Waals surface area (Å²) in [6.07, 6.45) is 0. The number of para-hydroxylation sites is 2. The van der Waals surface area contributed by atoms with Gasteiger partial charge >= 0.3 is 0 Å². The van der Waals surface area contributed by atoms with Crippen LogP contribution in [-0.4, -0.2) is 39.7 Å². The summed E-state index contributed by atoms with van der Waals surface area (Å²) < 4.78 is 0. The molecule has 0 aliphatic heterocycles. The number of rotatable bonds is 5. The van der Waals surface area contributed by atoms with Crippen molar-refractivity contribution in [2.75, 3.05) is 19.7 Å². The fourth-order valence-electron chi connectivity index (χ4n) is 1.88. The molecule has 18 heavy (non-hydrogen) atoms. The summed E-state index contributed by atoms with van der Waals surface area (Å²) in [5.41, 5.74) is 1.86. The summed E-state index contributed by atoms with van der Waals surface area (Å²) in [5, 5.41) is 8.94. The maximum atomic E-state index is 11.9. The van der Waals surface area contributed by atoms with Crippen molar-refractivity contribution in [2.24, 2.45) is 0 Å². The van der Waals surface area contributed by atoms with Gasteiger partial charge in [-0.3, -0.25) is 9.69 Å². The Labute approximate surface area is 105 Å². The lowest BCUT2D eigenvalue weighted by molar-refractivity contribution is 0.195. The van der Waals surface area contributed by atoms with E-state index in [0.29, 0.717) is 18.8 Å². The van der Waals surface area contributed by atoms with Crippen molar-refractivity contribution < 1.29 is 5.11 Å². The minimum absolute atomic E-state index is 0.0827. The van der Waals surface area contributed by atoms with E-state index in [1.54, 1.807) is 0 Å². The number of aliphatic hydroxyl groups is 1. The van der Waals surface area contributed by atoms with Gasteiger partial charge in [0, 0.05) is 13.1 Å². The number of fused-ring (bicyclic) bond motifs is 1. The van der Waals surface area contributed by atoms with Gasteiger partial charge < -0.3 is 10.1 Å². The van der Waals surface area contributed by atoms with Crippen LogP contribution in [0.5, 0.6) is 0 Å². The van der Waals surface area contributed by atoms with Gasteiger partial charge in [0.2, 0.25) is 0 Å². The van der Waals surface area contributed by atoms with Crippen LogP contribution in [0.15, 0.2) is 29.1 Å². The molecular weight excluding hydrogens is 230 g/mol. The van der Waals surface area contributed by atoms with Gasteiger partial charge in [0.05, 0.1) is 17.6 Å². The van der Waals surface area contributed by atoms with Gasteiger partial charge in [0.15, 0.2) is 0 Å². The number of benzene rings is 1. The molecule has 2 N–H and O–H groups in total. The summed E-state index contributed by atoms with van der Waals surface area (Å²) in [4.78, 5) is 21.1. The Morgan fingerprint density at radius 2 is 2.17 bits per heavy atom. The molecule has 0 bridgehead atoms. The highest BCUT2D eigenvalue weighted by Gasteiger charge is 2.09. The number of aromatic nitrogens is 2. The highest BCUT2D eigenvalue weighted by molar-refractivity contribution is 5.73. The number of H-pyrrole nitrogens is 1. The Bertz CT molecular complexity index is 580. The quantitative estimate of drug-likeness (QED) is 0.817. The monoisotopic (exact) mass is 247 g/mol. The van der Waals surface area contributed by atoms with Gasteiger partial charge in [-0.1, -0.05) is 19.1 Å². The molecular formula is C13H17N3O2. The second-order valence-electron chi connectivity index (χ2n) is 4.12. The van der Waals surface area contributed by atoms with Crippen LogP contribution in [-0.2, 0) is 6.54 Å². The van der Waals surface area contributed by atoms with Crippen molar-refractivity contribution in [1.29, 1.82) is 0 Å². The molecule has 1 aromatic carbocycles. The van der Waals surface area contributed by atoms with E-state index in [2.05, 4.69) is 9.97 Å². The molecule has 2 aromatic rings. The molecule has 5 heteroatoms. The van der Waals surface area contributed by atoms with E-state index in [0.717, 1.165) is 17.6 Å². The van der Waals surface area contributed by atoms with Crippen LogP contribution in [0.3, 0.4) is 0 Å². The van der Waals surface area contributed by atoms with Gasteiger partial charge in [-0.25, -0.2) is 4.98 Å². The van der Waals surface area contributed by atoms with Crippen LogP contribution in [0.2, 0.25) is 0 Å². The van der Waals surface area contributed by atoms with Crippen LogP contribution in [0.1, 0.15) is 12.6 Å². The van der Waals surface area contributed by atoms with E-state index < -0.39 is 0 Å². The van der Waals surface area contributed by atoms with E-state index in [9.17, 15) is 4.79 Å². The lowest BCUT2D eigenvalue weighted by Crippen LogP contribution is -2.30. The normalized spacial score (nSPS) is 11.3. The van der Waals surface area contributed by atoms with Gasteiger partial charge in [-0.2, -0.15) is 0 Å². The molecule has 1 heterocycles. The van der Waals surface area contributed by atoms with E-state index >= 15 is 0 Å². The molecule has 0 unspecified atom stereocenters. The zero-order chi connectivity index (χ0) is 13.0. The molecule has 5 nitrogen and oxygen atoms in total. The second-order valence-corrected chi connectivity index (χ2v) is 4.12. The van der Waals surface area contributed by atoms with E-state index in [4.69, 9.17) is 5.11 Å².